The summed E-state index contributed by atoms with van der Waals surface area (Å²) in [5, 5.41) is 6.02. The van der Waals surface area contributed by atoms with E-state index in [0.29, 0.717) is 32.5 Å². The van der Waals surface area contributed by atoms with E-state index in [9.17, 15) is 4.79 Å². The van der Waals surface area contributed by atoms with Gasteiger partial charge >= 0.3 is 0 Å². The molecule has 1 amide bonds. The molecular formula is C13H30N3O3P. The van der Waals surface area contributed by atoms with Gasteiger partial charge in [-0.1, -0.05) is 20.8 Å². The second-order valence-corrected chi connectivity index (χ2v) is 6.96. The van der Waals surface area contributed by atoms with Crippen LogP contribution in [0.4, 0.5) is 0 Å². The maximum Gasteiger partial charge on any atom is 0.225 e. The van der Waals surface area contributed by atoms with Crippen LogP contribution < -0.4 is 16.4 Å². The molecule has 6 nitrogen and oxygen atoms in total. The Morgan fingerprint density at radius 3 is 2.20 bits per heavy atom. The molecule has 0 spiro atoms. The monoisotopic (exact) mass is 307 g/mol. The van der Waals surface area contributed by atoms with Crippen LogP contribution in [-0.2, 0) is 13.8 Å². The fourth-order valence-corrected chi connectivity index (χ4v) is 2.67. The van der Waals surface area contributed by atoms with Gasteiger partial charge in [0.05, 0.1) is 19.4 Å². The summed E-state index contributed by atoms with van der Waals surface area (Å²) in [7, 11) is -0.927. The first-order valence-electron chi connectivity index (χ1n) is 7.11. The molecule has 0 aromatic heterocycles. The Morgan fingerprint density at radius 1 is 1.20 bits per heavy atom. The van der Waals surface area contributed by atoms with Gasteiger partial charge in [0.2, 0.25) is 5.91 Å². The van der Waals surface area contributed by atoms with Gasteiger partial charge in [0.1, 0.15) is 0 Å². The van der Waals surface area contributed by atoms with Crippen LogP contribution in [0.15, 0.2) is 0 Å². The molecule has 1 atom stereocenters. The standard InChI is InChI=1S/C13H30N3O3P/c1-6-18-20(19-7-2)10-11(14)15-8-9-16-12(17)13(3,4)5/h11,15H,6-10,14H2,1-5H3,(H,16,17). The third-order valence-electron chi connectivity index (χ3n) is 2.39. The highest BCUT2D eigenvalue weighted by Gasteiger charge is 2.20. The molecule has 0 aromatic carbocycles. The van der Waals surface area contributed by atoms with E-state index in [2.05, 4.69) is 10.6 Å². The SMILES string of the molecule is CCOP(CC(N)NCCNC(=O)C(C)(C)C)OCC. The van der Waals surface area contributed by atoms with Crippen LogP contribution in [0, 0.1) is 5.41 Å². The van der Waals surface area contributed by atoms with Gasteiger partial charge in [0.15, 0.2) is 8.38 Å². The van der Waals surface area contributed by atoms with Crippen molar-refractivity contribution in [3.63, 3.8) is 0 Å². The first-order valence-corrected chi connectivity index (χ1v) is 8.48. The first-order chi connectivity index (χ1) is 9.31. The van der Waals surface area contributed by atoms with E-state index >= 15 is 0 Å². The van der Waals surface area contributed by atoms with Crippen molar-refractivity contribution in [1.29, 1.82) is 0 Å². The van der Waals surface area contributed by atoms with Gasteiger partial charge in [-0.05, 0) is 13.8 Å². The van der Waals surface area contributed by atoms with Crippen molar-refractivity contribution in [3.8, 4) is 0 Å². The van der Waals surface area contributed by atoms with Crippen LogP contribution in [0.1, 0.15) is 34.6 Å². The molecule has 0 saturated carbocycles. The van der Waals surface area contributed by atoms with Crippen molar-refractivity contribution >= 4 is 14.3 Å². The maximum absolute atomic E-state index is 11.7. The zero-order chi connectivity index (χ0) is 15.6. The average Bonchev–Trinajstić information content (AvgIpc) is 2.33. The normalized spacial score (nSPS) is 13.6. The molecule has 7 heteroatoms. The minimum Gasteiger partial charge on any atom is -0.354 e. The Morgan fingerprint density at radius 2 is 1.75 bits per heavy atom. The lowest BCUT2D eigenvalue weighted by molar-refractivity contribution is -0.128. The summed E-state index contributed by atoms with van der Waals surface area (Å²) in [6.45, 7) is 12.0. The van der Waals surface area contributed by atoms with Gasteiger partial charge in [-0.15, -0.1) is 0 Å². The van der Waals surface area contributed by atoms with E-state index in [1.807, 2.05) is 34.6 Å². The van der Waals surface area contributed by atoms with Crippen LogP contribution >= 0.6 is 8.38 Å². The van der Waals surface area contributed by atoms with Crippen molar-refractivity contribution in [3.05, 3.63) is 0 Å². The topological polar surface area (TPSA) is 85.6 Å². The number of carbonyl (C=O) groups excluding carboxylic acids is 1. The highest BCUT2D eigenvalue weighted by atomic mass is 31.2. The highest BCUT2D eigenvalue weighted by Crippen LogP contribution is 2.37. The molecule has 0 saturated heterocycles. The largest absolute Gasteiger partial charge is 0.354 e. The Hall–Kier alpha value is -0.260. The highest BCUT2D eigenvalue weighted by molar-refractivity contribution is 7.47. The smallest absolute Gasteiger partial charge is 0.225 e. The van der Waals surface area contributed by atoms with Gasteiger partial charge in [-0.25, -0.2) is 0 Å². The molecular weight excluding hydrogens is 277 g/mol. The van der Waals surface area contributed by atoms with Crippen molar-refractivity contribution in [1.82, 2.24) is 10.6 Å². The molecule has 0 fully saturated rings. The fourth-order valence-electron chi connectivity index (χ4n) is 1.35. The summed E-state index contributed by atoms with van der Waals surface area (Å²) < 4.78 is 11.0. The summed E-state index contributed by atoms with van der Waals surface area (Å²) >= 11 is 0. The minimum atomic E-state index is -0.927. The summed E-state index contributed by atoms with van der Waals surface area (Å²) in [5.74, 6) is 0.0405. The summed E-state index contributed by atoms with van der Waals surface area (Å²) in [6, 6.07) is 0. The molecule has 0 radical (unpaired) electrons. The molecule has 0 heterocycles. The quantitative estimate of drug-likeness (QED) is 0.323. The minimum absolute atomic E-state index is 0.0405. The summed E-state index contributed by atoms with van der Waals surface area (Å²) in [6.07, 6.45) is 0.454. The molecule has 20 heavy (non-hydrogen) atoms. The summed E-state index contributed by atoms with van der Waals surface area (Å²) in [4.78, 5) is 11.7. The number of nitrogens with two attached hydrogens (primary N) is 1. The van der Waals surface area contributed by atoms with Crippen molar-refractivity contribution in [2.24, 2.45) is 11.1 Å². The maximum atomic E-state index is 11.7. The van der Waals surface area contributed by atoms with Crippen molar-refractivity contribution < 1.29 is 13.8 Å². The number of nitrogens with one attached hydrogen (secondary N) is 2. The Balaban J connectivity index is 3.81. The third kappa shape index (κ3) is 9.61. The van der Waals surface area contributed by atoms with Gasteiger partial charge in [0.25, 0.3) is 0 Å². The molecule has 4 N–H and O–H groups in total. The lowest BCUT2D eigenvalue weighted by Crippen LogP contribution is -2.45. The van der Waals surface area contributed by atoms with E-state index in [1.54, 1.807) is 0 Å². The molecule has 0 aliphatic rings. The molecule has 0 aromatic rings. The van der Waals surface area contributed by atoms with Crippen LogP contribution in [0.5, 0.6) is 0 Å². The Labute approximate surface area is 124 Å². The zero-order valence-corrected chi connectivity index (χ0v) is 14.3. The van der Waals surface area contributed by atoms with Crippen molar-refractivity contribution in [2.75, 3.05) is 32.5 Å². The van der Waals surface area contributed by atoms with Crippen molar-refractivity contribution in [2.45, 2.75) is 40.8 Å². The van der Waals surface area contributed by atoms with Crippen LogP contribution in [-0.4, -0.2) is 44.5 Å². The zero-order valence-electron chi connectivity index (χ0n) is 13.4. The Bertz CT molecular complexity index is 266. The van der Waals surface area contributed by atoms with E-state index in [-0.39, 0.29) is 17.5 Å². The molecule has 0 bridgehead atoms. The van der Waals surface area contributed by atoms with E-state index in [0.717, 1.165) is 0 Å². The second-order valence-electron chi connectivity index (χ2n) is 5.42. The number of hydrogen-bond donors (Lipinski definition) is 3. The van der Waals surface area contributed by atoms with Gasteiger partial charge in [-0.2, -0.15) is 0 Å². The van der Waals surface area contributed by atoms with Crippen LogP contribution in [0.2, 0.25) is 0 Å². The van der Waals surface area contributed by atoms with E-state index < -0.39 is 8.38 Å². The molecule has 120 valence electrons. The second kappa shape index (κ2) is 10.5. The van der Waals surface area contributed by atoms with Gasteiger partial charge < -0.3 is 20.1 Å². The predicted octanol–water partition coefficient (Wildman–Crippen LogP) is 1.41. The van der Waals surface area contributed by atoms with Gasteiger partial charge in [0, 0.05) is 24.7 Å². The fraction of sp³-hybridized carbons (Fsp3) is 0.923. The Kier molecular flexibility index (Phi) is 10.3. The summed E-state index contributed by atoms with van der Waals surface area (Å²) in [5.41, 5.74) is 5.61. The number of rotatable bonds is 10. The lowest BCUT2D eigenvalue weighted by atomic mass is 9.96. The first kappa shape index (κ1) is 19.7. The molecule has 0 rings (SSSR count). The molecule has 0 aliphatic heterocycles. The molecule has 0 aliphatic carbocycles. The van der Waals surface area contributed by atoms with Crippen LogP contribution in [0.3, 0.4) is 0 Å². The molecule has 1 unspecified atom stereocenters. The lowest BCUT2D eigenvalue weighted by Gasteiger charge is -2.21. The van der Waals surface area contributed by atoms with Crippen LogP contribution in [0.25, 0.3) is 0 Å². The predicted molar refractivity (Wildman–Crippen MR) is 83.5 cm³/mol. The number of carbonyl (C=O) groups is 1. The van der Waals surface area contributed by atoms with Gasteiger partial charge in [-0.3, -0.25) is 10.1 Å². The average molecular weight is 307 g/mol. The number of hydrogen-bond acceptors (Lipinski definition) is 5. The number of amides is 1. The third-order valence-corrected chi connectivity index (χ3v) is 4.17. The van der Waals surface area contributed by atoms with E-state index in [4.69, 9.17) is 14.8 Å². The van der Waals surface area contributed by atoms with E-state index in [1.165, 1.54) is 0 Å².